The molecule has 7 nitrogen and oxygen atoms in total. The number of nitrogens with one attached hydrogen (secondary N) is 2. The van der Waals surface area contributed by atoms with Gasteiger partial charge in [0, 0.05) is 49.5 Å². The summed E-state index contributed by atoms with van der Waals surface area (Å²) in [6, 6.07) is 12.5. The van der Waals surface area contributed by atoms with E-state index in [0.29, 0.717) is 28.9 Å². The maximum absolute atomic E-state index is 12.4. The molecule has 1 heterocycles. The lowest BCUT2D eigenvalue weighted by atomic mass is 10.2. The van der Waals surface area contributed by atoms with Gasteiger partial charge < -0.3 is 19.9 Å². The van der Waals surface area contributed by atoms with Gasteiger partial charge in [0.15, 0.2) is 11.2 Å². The molecule has 1 unspecified atom stereocenters. The molecule has 10 heteroatoms. The highest BCUT2D eigenvalue weighted by atomic mass is 35.5. The van der Waals surface area contributed by atoms with E-state index in [1.807, 2.05) is 29.2 Å². The van der Waals surface area contributed by atoms with Crippen molar-refractivity contribution in [3.05, 3.63) is 52.5 Å². The number of thiocarbonyl (C=S) groups is 1. The number of benzene rings is 2. The van der Waals surface area contributed by atoms with E-state index in [1.54, 1.807) is 32.0 Å². The molecule has 2 aromatic carbocycles. The van der Waals surface area contributed by atoms with Crippen molar-refractivity contribution in [1.82, 2.24) is 10.2 Å². The number of hydrogen-bond donors (Lipinski definition) is 2. The number of hydrogen-bond acceptors (Lipinski definition) is 5. The van der Waals surface area contributed by atoms with Crippen molar-refractivity contribution in [1.29, 1.82) is 0 Å². The van der Waals surface area contributed by atoms with Gasteiger partial charge in [-0.1, -0.05) is 23.2 Å². The van der Waals surface area contributed by atoms with Crippen LogP contribution in [0.3, 0.4) is 0 Å². The molecule has 0 aliphatic carbocycles. The number of rotatable bonds is 5. The first kappa shape index (κ1) is 24.1. The number of ether oxygens (including phenoxy) is 1. The van der Waals surface area contributed by atoms with Crippen LogP contribution in [0.5, 0.6) is 5.75 Å². The van der Waals surface area contributed by atoms with Crippen molar-refractivity contribution in [2.45, 2.75) is 20.0 Å². The van der Waals surface area contributed by atoms with Gasteiger partial charge >= 0.3 is 0 Å². The zero-order valence-corrected chi connectivity index (χ0v) is 20.1. The Morgan fingerprint density at radius 1 is 1.06 bits per heavy atom. The lowest BCUT2D eigenvalue weighted by Crippen LogP contribution is -2.48. The lowest BCUT2D eigenvalue weighted by molar-refractivity contribution is -0.129. The zero-order valence-electron chi connectivity index (χ0n) is 17.7. The Bertz CT molecular complexity index is 995. The summed E-state index contributed by atoms with van der Waals surface area (Å²) in [5, 5.41) is 6.57. The van der Waals surface area contributed by atoms with Crippen molar-refractivity contribution in [3.8, 4) is 5.75 Å². The summed E-state index contributed by atoms with van der Waals surface area (Å²) in [5.41, 5.74) is 1.81. The number of nitrogens with zero attached hydrogens (tertiary/aromatic N) is 2. The average Bonchev–Trinajstić information content (AvgIpc) is 2.76. The third-order valence-corrected chi connectivity index (χ3v) is 5.75. The minimum atomic E-state index is -0.815. The minimum absolute atomic E-state index is 0.107. The Morgan fingerprint density at radius 2 is 1.72 bits per heavy atom. The average molecular weight is 495 g/mol. The van der Waals surface area contributed by atoms with E-state index in [1.165, 1.54) is 0 Å². The van der Waals surface area contributed by atoms with Gasteiger partial charge in [-0.05, 0) is 61.6 Å². The van der Waals surface area contributed by atoms with Crippen LogP contribution in [-0.4, -0.2) is 54.1 Å². The molecule has 1 saturated heterocycles. The lowest BCUT2D eigenvalue weighted by Gasteiger charge is -2.35. The second-order valence-electron chi connectivity index (χ2n) is 7.32. The molecule has 1 aliphatic heterocycles. The summed E-state index contributed by atoms with van der Waals surface area (Å²) in [6.45, 7) is 6.20. The van der Waals surface area contributed by atoms with E-state index >= 15 is 0 Å². The zero-order chi connectivity index (χ0) is 23.3. The molecule has 170 valence electrons. The van der Waals surface area contributed by atoms with Gasteiger partial charge in [-0.25, -0.2) is 0 Å². The maximum atomic E-state index is 12.4. The quantitative estimate of drug-likeness (QED) is 0.613. The molecule has 0 spiro atoms. The van der Waals surface area contributed by atoms with Crippen LogP contribution < -0.4 is 20.3 Å². The largest absolute Gasteiger partial charge is 0.479 e. The Morgan fingerprint density at radius 3 is 2.31 bits per heavy atom. The van der Waals surface area contributed by atoms with Gasteiger partial charge in [0.1, 0.15) is 5.75 Å². The van der Waals surface area contributed by atoms with Crippen molar-refractivity contribution in [2.24, 2.45) is 0 Å². The van der Waals surface area contributed by atoms with E-state index < -0.39 is 12.0 Å². The van der Waals surface area contributed by atoms with Gasteiger partial charge in [0.25, 0.3) is 5.91 Å². The third-order valence-electron chi connectivity index (χ3n) is 5.02. The first-order valence-electron chi connectivity index (χ1n) is 10.1. The van der Waals surface area contributed by atoms with Crippen molar-refractivity contribution < 1.29 is 14.3 Å². The molecule has 1 fully saturated rings. The molecule has 3 rings (SSSR count). The van der Waals surface area contributed by atoms with Gasteiger partial charge in [0.05, 0.1) is 5.02 Å². The van der Waals surface area contributed by atoms with E-state index in [-0.39, 0.29) is 11.0 Å². The SMILES string of the molecule is CC(=O)N1CCN(c2ccc(NC(=S)NC(=O)C(C)Oc3ccc(Cl)cc3Cl)cc2)CC1. The Hall–Kier alpha value is -2.55. The minimum Gasteiger partial charge on any atom is -0.479 e. The number of carbonyl (C=O) groups excluding carboxylic acids is 2. The second kappa shape index (κ2) is 10.8. The number of carbonyl (C=O) groups is 2. The van der Waals surface area contributed by atoms with Crippen molar-refractivity contribution in [3.63, 3.8) is 0 Å². The fourth-order valence-corrected chi connectivity index (χ4v) is 3.90. The molecule has 2 amide bonds. The fourth-order valence-electron chi connectivity index (χ4n) is 3.23. The molecular weight excluding hydrogens is 471 g/mol. The van der Waals surface area contributed by atoms with Crippen LogP contribution in [0.2, 0.25) is 10.0 Å². The van der Waals surface area contributed by atoms with E-state index in [9.17, 15) is 9.59 Å². The van der Waals surface area contributed by atoms with Crippen LogP contribution in [0.4, 0.5) is 11.4 Å². The van der Waals surface area contributed by atoms with Crippen LogP contribution in [0, 0.1) is 0 Å². The van der Waals surface area contributed by atoms with Crippen LogP contribution in [0.15, 0.2) is 42.5 Å². The normalized spacial score (nSPS) is 14.5. The van der Waals surface area contributed by atoms with Crippen molar-refractivity contribution in [2.75, 3.05) is 36.4 Å². The second-order valence-corrected chi connectivity index (χ2v) is 8.57. The van der Waals surface area contributed by atoms with Gasteiger partial charge in [-0.2, -0.15) is 0 Å². The van der Waals surface area contributed by atoms with Crippen LogP contribution >= 0.6 is 35.4 Å². The van der Waals surface area contributed by atoms with Crippen LogP contribution in [0.25, 0.3) is 0 Å². The van der Waals surface area contributed by atoms with Gasteiger partial charge in [0.2, 0.25) is 5.91 Å². The molecular formula is C22H24Cl2N4O3S. The topological polar surface area (TPSA) is 73.9 Å². The molecule has 0 aromatic heterocycles. The highest BCUT2D eigenvalue weighted by Gasteiger charge is 2.19. The molecule has 1 atom stereocenters. The number of amides is 2. The summed E-state index contributed by atoms with van der Waals surface area (Å²) in [6.07, 6.45) is -0.815. The molecule has 0 radical (unpaired) electrons. The summed E-state index contributed by atoms with van der Waals surface area (Å²) < 4.78 is 5.60. The fraction of sp³-hybridized carbons (Fsp3) is 0.318. The Balaban J connectivity index is 1.49. The standard InChI is InChI=1S/C22H24Cl2N4O3S/c1-14(31-20-8-3-16(23)13-19(20)24)21(30)26-22(32)25-17-4-6-18(7-5-17)28-11-9-27(10-12-28)15(2)29/h3-8,13-14H,9-12H2,1-2H3,(H2,25,26,30,32). The summed E-state index contributed by atoms with van der Waals surface area (Å²) >= 11 is 17.2. The number of halogens is 2. The molecule has 2 N–H and O–H groups in total. The molecule has 0 saturated carbocycles. The number of piperazine rings is 1. The Labute approximate surface area is 202 Å². The molecule has 1 aliphatic rings. The smallest absolute Gasteiger partial charge is 0.266 e. The number of anilines is 2. The highest BCUT2D eigenvalue weighted by Crippen LogP contribution is 2.28. The monoisotopic (exact) mass is 494 g/mol. The van der Waals surface area contributed by atoms with E-state index in [4.69, 9.17) is 40.2 Å². The van der Waals surface area contributed by atoms with Crippen molar-refractivity contribution >= 4 is 63.7 Å². The summed E-state index contributed by atoms with van der Waals surface area (Å²) in [5.74, 6) is 0.0570. The van der Waals surface area contributed by atoms with Crippen LogP contribution in [-0.2, 0) is 9.59 Å². The maximum Gasteiger partial charge on any atom is 0.266 e. The van der Waals surface area contributed by atoms with E-state index in [2.05, 4.69) is 15.5 Å². The first-order valence-corrected chi connectivity index (χ1v) is 11.2. The highest BCUT2D eigenvalue weighted by molar-refractivity contribution is 7.80. The predicted molar refractivity (Wildman–Crippen MR) is 132 cm³/mol. The predicted octanol–water partition coefficient (Wildman–Crippen LogP) is 3.94. The van der Waals surface area contributed by atoms with Gasteiger partial charge in [-0.3, -0.25) is 14.9 Å². The molecule has 0 bridgehead atoms. The summed E-state index contributed by atoms with van der Waals surface area (Å²) in [4.78, 5) is 27.9. The third kappa shape index (κ3) is 6.48. The first-order chi connectivity index (χ1) is 15.2. The van der Waals surface area contributed by atoms with E-state index in [0.717, 1.165) is 24.5 Å². The molecule has 2 aromatic rings. The molecule has 32 heavy (non-hydrogen) atoms. The van der Waals surface area contributed by atoms with Gasteiger partial charge in [-0.15, -0.1) is 0 Å². The summed E-state index contributed by atoms with van der Waals surface area (Å²) in [7, 11) is 0. The Kier molecular flexibility index (Phi) is 8.17. The van der Waals surface area contributed by atoms with Crippen LogP contribution in [0.1, 0.15) is 13.8 Å².